The summed E-state index contributed by atoms with van der Waals surface area (Å²) in [5.41, 5.74) is -0.904. The van der Waals surface area contributed by atoms with E-state index in [2.05, 4.69) is 0 Å². The van der Waals surface area contributed by atoms with E-state index in [4.69, 9.17) is 0 Å². The van der Waals surface area contributed by atoms with E-state index >= 15 is 0 Å². The average Bonchev–Trinajstić information content (AvgIpc) is 2.67. The van der Waals surface area contributed by atoms with Crippen LogP contribution in [-0.4, -0.2) is 49.3 Å². The number of likely N-dealkylation sites (N-methyl/N-ethyl adjacent to an activating group) is 1. The predicted molar refractivity (Wildman–Crippen MR) is 71.7 cm³/mol. The Balaban J connectivity index is 2.28. The van der Waals surface area contributed by atoms with Crippen LogP contribution in [-0.2, 0) is 6.18 Å². The van der Waals surface area contributed by atoms with Gasteiger partial charge in [-0.2, -0.15) is 13.2 Å². The van der Waals surface area contributed by atoms with Crippen molar-refractivity contribution in [1.82, 2.24) is 4.90 Å². The minimum absolute atomic E-state index is 0.103. The summed E-state index contributed by atoms with van der Waals surface area (Å²) in [4.78, 5) is 3.54. The van der Waals surface area contributed by atoms with Crippen LogP contribution in [0.2, 0.25) is 0 Å². The second-order valence-electron chi connectivity index (χ2n) is 5.62. The first-order valence-corrected chi connectivity index (χ1v) is 6.64. The van der Waals surface area contributed by atoms with Crippen molar-refractivity contribution in [3.05, 3.63) is 29.6 Å². The number of hydrogen-bond acceptors (Lipinski definition) is 3. The van der Waals surface area contributed by atoms with Crippen LogP contribution < -0.4 is 4.90 Å². The highest BCUT2D eigenvalue weighted by atomic mass is 19.4. The molecule has 2 unspecified atom stereocenters. The summed E-state index contributed by atoms with van der Waals surface area (Å²) in [5.74, 6) is -0.914. The molecule has 1 saturated heterocycles. The Morgan fingerprint density at radius 3 is 2.52 bits per heavy atom. The summed E-state index contributed by atoms with van der Waals surface area (Å²) in [5, 5.41) is 9.76. The molecule has 0 spiro atoms. The highest BCUT2D eigenvalue weighted by Crippen LogP contribution is 2.34. The molecule has 1 aromatic rings. The van der Waals surface area contributed by atoms with E-state index in [9.17, 15) is 22.7 Å². The van der Waals surface area contributed by atoms with E-state index in [1.165, 1.54) is 0 Å². The van der Waals surface area contributed by atoms with Gasteiger partial charge in [0.15, 0.2) is 0 Å². The van der Waals surface area contributed by atoms with Crippen LogP contribution in [0.1, 0.15) is 12.0 Å². The second-order valence-corrected chi connectivity index (χ2v) is 5.62. The summed E-state index contributed by atoms with van der Waals surface area (Å²) in [6.07, 6.45) is -4.69. The van der Waals surface area contributed by atoms with Crippen molar-refractivity contribution >= 4 is 5.69 Å². The van der Waals surface area contributed by atoms with Crippen molar-refractivity contribution in [2.75, 3.05) is 32.1 Å². The van der Waals surface area contributed by atoms with Crippen LogP contribution in [0.5, 0.6) is 0 Å². The Hall–Kier alpha value is -1.34. The third kappa shape index (κ3) is 3.65. The largest absolute Gasteiger partial charge is 0.416 e. The second kappa shape index (κ2) is 5.81. The molecule has 0 aromatic heterocycles. The fourth-order valence-corrected chi connectivity index (χ4v) is 2.70. The van der Waals surface area contributed by atoms with Gasteiger partial charge in [0, 0.05) is 19.1 Å². The summed E-state index contributed by atoms with van der Waals surface area (Å²) >= 11 is 0. The molecule has 7 heteroatoms. The zero-order valence-electron chi connectivity index (χ0n) is 11.9. The number of benzene rings is 1. The van der Waals surface area contributed by atoms with Crippen molar-refractivity contribution < 1.29 is 22.7 Å². The molecule has 0 radical (unpaired) electrons. The van der Waals surface area contributed by atoms with Crippen LogP contribution in [0.4, 0.5) is 23.2 Å². The Bertz CT molecular complexity index is 504. The lowest BCUT2D eigenvalue weighted by Gasteiger charge is -2.29. The Morgan fingerprint density at radius 1 is 1.33 bits per heavy atom. The Kier molecular flexibility index (Phi) is 4.43. The van der Waals surface area contributed by atoms with Crippen LogP contribution in [0.15, 0.2) is 18.2 Å². The highest BCUT2D eigenvalue weighted by Gasteiger charge is 2.35. The van der Waals surface area contributed by atoms with Crippen molar-refractivity contribution in [2.45, 2.75) is 24.7 Å². The van der Waals surface area contributed by atoms with Gasteiger partial charge in [0.1, 0.15) is 5.82 Å². The van der Waals surface area contributed by atoms with Crippen LogP contribution in [0.3, 0.4) is 0 Å². The maximum absolute atomic E-state index is 14.0. The molecule has 1 aromatic carbocycles. The fraction of sp³-hybridized carbons (Fsp3) is 0.571. The lowest BCUT2D eigenvalue weighted by molar-refractivity contribution is -0.137. The molecule has 1 N–H and O–H groups in total. The van der Waals surface area contributed by atoms with Gasteiger partial charge in [-0.1, -0.05) is 0 Å². The first-order chi connectivity index (χ1) is 9.68. The first kappa shape index (κ1) is 16.0. The standard InChI is InChI=1S/C14H18F4N2O/c1-19(2)7-10-6-11(21)8-20(10)13-4-3-9(5-12(13)15)14(16,17)18/h3-5,10-11,21H,6-8H2,1-2H3. The number of halogens is 4. The van der Waals surface area contributed by atoms with Gasteiger partial charge in [-0.3, -0.25) is 0 Å². The smallest absolute Gasteiger partial charge is 0.391 e. The van der Waals surface area contributed by atoms with Crippen molar-refractivity contribution in [1.29, 1.82) is 0 Å². The molecule has 1 aliphatic heterocycles. The lowest BCUT2D eigenvalue weighted by Crippen LogP contribution is -2.38. The van der Waals surface area contributed by atoms with E-state index in [1.54, 1.807) is 4.90 Å². The zero-order valence-corrected chi connectivity index (χ0v) is 11.9. The minimum atomic E-state index is -4.56. The van der Waals surface area contributed by atoms with Gasteiger partial charge in [-0.05, 0) is 38.7 Å². The molecule has 2 atom stereocenters. The number of anilines is 1. The van der Waals surface area contributed by atoms with E-state index in [1.807, 2.05) is 19.0 Å². The molecule has 3 nitrogen and oxygen atoms in total. The summed E-state index contributed by atoms with van der Waals surface area (Å²) in [6.45, 7) is 0.818. The molecule has 0 amide bonds. The van der Waals surface area contributed by atoms with E-state index in [-0.39, 0.29) is 18.3 Å². The normalized spacial score (nSPS) is 23.1. The molecule has 118 valence electrons. The molecule has 21 heavy (non-hydrogen) atoms. The number of β-amino-alcohol motifs (C(OH)–C–C–N with tert-alkyl or cyclic N) is 1. The highest BCUT2D eigenvalue weighted by molar-refractivity contribution is 5.52. The molecule has 1 aliphatic rings. The number of aliphatic hydroxyl groups excluding tert-OH is 1. The van der Waals surface area contributed by atoms with Gasteiger partial charge in [0.25, 0.3) is 0 Å². The predicted octanol–water partition coefficient (Wildman–Crippen LogP) is 2.35. The molecule has 0 saturated carbocycles. The number of nitrogens with zero attached hydrogens (tertiary/aromatic N) is 2. The molecular weight excluding hydrogens is 288 g/mol. The molecule has 1 heterocycles. The van der Waals surface area contributed by atoms with Crippen molar-refractivity contribution in [2.24, 2.45) is 0 Å². The maximum atomic E-state index is 14.0. The van der Waals surface area contributed by atoms with E-state index < -0.39 is 23.7 Å². The van der Waals surface area contributed by atoms with E-state index in [0.29, 0.717) is 19.0 Å². The number of aliphatic hydroxyl groups is 1. The number of rotatable bonds is 3. The molecule has 2 rings (SSSR count). The summed E-state index contributed by atoms with van der Waals surface area (Å²) in [6, 6.07) is 2.39. The Morgan fingerprint density at radius 2 is 2.00 bits per heavy atom. The summed E-state index contributed by atoms with van der Waals surface area (Å²) < 4.78 is 51.7. The fourth-order valence-electron chi connectivity index (χ4n) is 2.70. The zero-order chi connectivity index (χ0) is 15.8. The van der Waals surface area contributed by atoms with E-state index in [0.717, 1.165) is 12.1 Å². The van der Waals surface area contributed by atoms with Gasteiger partial charge in [-0.15, -0.1) is 0 Å². The quantitative estimate of drug-likeness (QED) is 0.869. The van der Waals surface area contributed by atoms with Crippen molar-refractivity contribution in [3.63, 3.8) is 0 Å². The van der Waals surface area contributed by atoms with Crippen LogP contribution >= 0.6 is 0 Å². The Labute approximate surface area is 120 Å². The molecule has 0 aliphatic carbocycles. The minimum Gasteiger partial charge on any atom is -0.391 e. The molecular formula is C14H18F4N2O. The lowest BCUT2D eigenvalue weighted by atomic mass is 10.1. The maximum Gasteiger partial charge on any atom is 0.416 e. The average molecular weight is 306 g/mol. The van der Waals surface area contributed by atoms with Gasteiger partial charge < -0.3 is 14.9 Å². The van der Waals surface area contributed by atoms with Gasteiger partial charge in [0.2, 0.25) is 0 Å². The number of alkyl halides is 3. The third-order valence-electron chi connectivity index (χ3n) is 3.55. The SMILES string of the molecule is CN(C)CC1CC(O)CN1c1ccc(C(F)(F)F)cc1F. The van der Waals surface area contributed by atoms with Crippen LogP contribution in [0.25, 0.3) is 0 Å². The van der Waals surface area contributed by atoms with Gasteiger partial charge in [-0.25, -0.2) is 4.39 Å². The first-order valence-electron chi connectivity index (χ1n) is 6.64. The van der Waals surface area contributed by atoms with Crippen molar-refractivity contribution in [3.8, 4) is 0 Å². The van der Waals surface area contributed by atoms with Gasteiger partial charge >= 0.3 is 6.18 Å². The number of hydrogen-bond donors (Lipinski definition) is 1. The molecule has 1 fully saturated rings. The van der Waals surface area contributed by atoms with Gasteiger partial charge in [0.05, 0.1) is 17.4 Å². The molecule has 0 bridgehead atoms. The summed E-state index contributed by atoms with van der Waals surface area (Å²) in [7, 11) is 3.71. The monoisotopic (exact) mass is 306 g/mol. The topological polar surface area (TPSA) is 26.7 Å². The van der Waals surface area contributed by atoms with Crippen LogP contribution in [0, 0.1) is 5.82 Å². The third-order valence-corrected chi connectivity index (χ3v) is 3.55.